The number of carbonyl (C=O) groups is 2. The number of halogens is 1. The van der Waals surface area contributed by atoms with Crippen LogP contribution in [0.4, 0.5) is 5.69 Å². The Kier molecular flexibility index (Phi) is 6.27. The predicted octanol–water partition coefficient (Wildman–Crippen LogP) is 3.07. The van der Waals surface area contributed by atoms with Crippen molar-refractivity contribution in [1.29, 1.82) is 0 Å². The molecule has 0 saturated carbocycles. The minimum absolute atomic E-state index is 0.108. The summed E-state index contributed by atoms with van der Waals surface area (Å²) < 4.78 is 5.39. The largest absolute Gasteiger partial charge is 0.368 e. The molecule has 2 aliphatic heterocycles. The van der Waals surface area contributed by atoms with Crippen LogP contribution in [0.5, 0.6) is 0 Å². The van der Waals surface area contributed by atoms with E-state index in [0.29, 0.717) is 49.2 Å². The van der Waals surface area contributed by atoms with Gasteiger partial charge in [0.15, 0.2) is 0 Å². The Balaban J connectivity index is 1.22. The highest BCUT2D eigenvalue weighted by molar-refractivity contribution is 6.30. The van der Waals surface area contributed by atoms with Gasteiger partial charge in [-0.3, -0.25) is 9.59 Å². The lowest BCUT2D eigenvalue weighted by atomic mass is 10.1. The predicted molar refractivity (Wildman–Crippen MR) is 127 cm³/mol. The number of amides is 2. The number of rotatable bonds is 5. The number of hydrogen-bond donors (Lipinski definition) is 0. The van der Waals surface area contributed by atoms with Crippen LogP contribution in [0, 0.1) is 0 Å². The molecule has 34 heavy (non-hydrogen) atoms. The fourth-order valence-electron chi connectivity index (χ4n) is 4.02. The Morgan fingerprint density at radius 1 is 0.971 bits per heavy atom. The number of aromatic nitrogens is 2. The fourth-order valence-corrected chi connectivity index (χ4v) is 4.14. The molecule has 0 bridgehead atoms. The van der Waals surface area contributed by atoms with E-state index < -0.39 is 0 Å². The van der Waals surface area contributed by atoms with Crippen molar-refractivity contribution < 1.29 is 14.1 Å². The molecule has 1 fully saturated rings. The summed E-state index contributed by atoms with van der Waals surface area (Å²) in [6.07, 6.45) is 0.624. The molecule has 0 radical (unpaired) electrons. The molecule has 0 spiro atoms. The lowest BCUT2D eigenvalue weighted by Crippen LogP contribution is -2.51. The molecule has 3 aromatic rings. The number of nitrogens with zero attached hydrogens (tertiary/aromatic N) is 6. The van der Waals surface area contributed by atoms with E-state index in [0.717, 1.165) is 11.3 Å². The van der Waals surface area contributed by atoms with E-state index in [9.17, 15) is 9.59 Å². The van der Waals surface area contributed by atoms with Gasteiger partial charge in [-0.15, -0.1) is 0 Å². The molecule has 2 aliphatic rings. The van der Waals surface area contributed by atoms with Crippen LogP contribution in [0.1, 0.15) is 18.7 Å². The first-order valence-electron chi connectivity index (χ1n) is 11.1. The number of hydrazone groups is 1. The van der Waals surface area contributed by atoms with Gasteiger partial charge in [0.05, 0.1) is 0 Å². The van der Waals surface area contributed by atoms with Crippen LogP contribution in [-0.2, 0) is 9.59 Å². The number of carbonyl (C=O) groups excluding carboxylic acids is 2. The number of anilines is 1. The lowest BCUT2D eigenvalue weighted by molar-refractivity contribution is -0.141. The van der Waals surface area contributed by atoms with Crippen LogP contribution in [0.3, 0.4) is 0 Å². The number of hydrogen-bond acceptors (Lipinski definition) is 7. The maximum atomic E-state index is 12.9. The van der Waals surface area contributed by atoms with Crippen LogP contribution in [-0.4, -0.2) is 70.3 Å². The van der Waals surface area contributed by atoms with Gasteiger partial charge in [0.2, 0.25) is 17.6 Å². The Bertz CT molecular complexity index is 1200. The van der Waals surface area contributed by atoms with Crippen molar-refractivity contribution in [3.63, 3.8) is 0 Å². The van der Waals surface area contributed by atoms with Gasteiger partial charge in [-0.05, 0) is 24.3 Å². The van der Waals surface area contributed by atoms with Crippen molar-refractivity contribution in [3.05, 3.63) is 65.5 Å². The molecule has 10 heteroatoms. The number of benzene rings is 2. The van der Waals surface area contributed by atoms with Crippen molar-refractivity contribution in [2.75, 3.05) is 37.6 Å². The van der Waals surface area contributed by atoms with E-state index in [1.54, 1.807) is 4.90 Å². The second kappa shape index (κ2) is 9.64. The van der Waals surface area contributed by atoms with Gasteiger partial charge in [-0.1, -0.05) is 47.1 Å². The van der Waals surface area contributed by atoms with Crippen molar-refractivity contribution in [1.82, 2.24) is 20.0 Å². The van der Waals surface area contributed by atoms with E-state index in [1.807, 2.05) is 54.6 Å². The van der Waals surface area contributed by atoms with Gasteiger partial charge in [0.25, 0.3) is 5.89 Å². The fraction of sp³-hybridized carbons (Fsp3) is 0.292. The smallest absolute Gasteiger partial charge is 0.274 e. The highest BCUT2D eigenvalue weighted by atomic mass is 35.5. The van der Waals surface area contributed by atoms with Crippen LogP contribution in [0.2, 0.25) is 5.02 Å². The molecular weight excluding hydrogens is 456 g/mol. The second-order valence-corrected chi connectivity index (χ2v) is 8.57. The van der Waals surface area contributed by atoms with E-state index in [2.05, 4.69) is 20.1 Å². The SMILES string of the molecule is O=C(CN1N=C(c2nc(-c3ccccc3)no2)CCC1=O)N1CCN(c2ccc(Cl)cc2)CC1. The Morgan fingerprint density at radius 2 is 1.71 bits per heavy atom. The van der Waals surface area contributed by atoms with E-state index >= 15 is 0 Å². The van der Waals surface area contributed by atoms with Crippen molar-refractivity contribution in [2.45, 2.75) is 12.8 Å². The van der Waals surface area contributed by atoms with Crippen LogP contribution in [0.15, 0.2) is 64.2 Å². The van der Waals surface area contributed by atoms with E-state index in [1.165, 1.54) is 5.01 Å². The highest BCUT2D eigenvalue weighted by Crippen LogP contribution is 2.21. The zero-order chi connectivity index (χ0) is 23.5. The second-order valence-electron chi connectivity index (χ2n) is 8.13. The summed E-state index contributed by atoms with van der Waals surface area (Å²) in [6.45, 7) is 2.46. The third-order valence-corrected chi connectivity index (χ3v) is 6.17. The summed E-state index contributed by atoms with van der Waals surface area (Å²) in [5.41, 5.74) is 2.41. The maximum Gasteiger partial charge on any atom is 0.274 e. The van der Waals surface area contributed by atoms with Gasteiger partial charge in [0, 0.05) is 55.3 Å². The van der Waals surface area contributed by atoms with Crippen molar-refractivity contribution in [3.8, 4) is 11.4 Å². The molecule has 0 aliphatic carbocycles. The molecule has 1 saturated heterocycles. The maximum absolute atomic E-state index is 12.9. The first-order chi connectivity index (χ1) is 16.6. The average Bonchev–Trinajstić information content (AvgIpc) is 3.37. The zero-order valence-corrected chi connectivity index (χ0v) is 19.2. The third-order valence-electron chi connectivity index (χ3n) is 5.92. The number of piperazine rings is 1. The Morgan fingerprint density at radius 3 is 2.44 bits per heavy atom. The molecule has 3 heterocycles. The highest BCUT2D eigenvalue weighted by Gasteiger charge is 2.29. The summed E-state index contributed by atoms with van der Waals surface area (Å²) in [5.74, 6) is 0.390. The normalized spacial score (nSPS) is 16.6. The summed E-state index contributed by atoms with van der Waals surface area (Å²) in [4.78, 5) is 33.7. The summed E-state index contributed by atoms with van der Waals surface area (Å²) in [7, 11) is 0. The topological polar surface area (TPSA) is 95.1 Å². The van der Waals surface area contributed by atoms with Crippen molar-refractivity contribution >= 4 is 34.8 Å². The molecule has 9 nitrogen and oxygen atoms in total. The Hall–Kier alpha value is -3.72. The molecule has 0 N–H and O–H groups in total. The molecule has 1 aromatic heterocycles. The molecule has 2 aromatic carbocycles. The lowest BCUT2D eigenvalue weighted by Gasteiger charge is -2.36. The summed E-state index contributed by atoms with van der Waals surface area (Å²) in [5, 5.41) is 10.3. The van der Waals surface area contributed by atoms with Crippen LogP contribution >= 0.6 is 11.6 Å². The minimum Gasteiger partial charge on any atom is -0.368 e. The monoisotopic (exact) mass is 478 g/mol. The Labute approximate surface area is 201 Å². The summed E-state index contributed by atoms with van der Waals surface area (Å²) in [6, 6.07) is 17.1. The molecule has 2 amide bonds. The quantitative estimate of drug-likeness (QED) is 0.559. The third kappa shape index (κ3) is 4.79. The first kappa shape index (κ1) is 22.1. The van der Waals surface area contributed by atoms with Crippen LogP contribution < -0.4 is 4.90 Å². The first-order valence-corrected chi connectivity index (χ1v) is 11.5. The van der Waals surface area contributed by atoms with Gasteiger partial charge in [-0.25, -0.2) is 5.01 Å². The van der Waals surface area contributed by atoms with Gasteiger partial charge >= 0.3 is 0 Å². The molecule has 174 valence electrons. The van der Waals surface area contributed by atoms with Gasteiger partial charge in [0.1, 0.15) is 12.3 Å². The molecular formula is C24H23ClN6O3. The molecule has 0 unspecified atom stereocenters. The summed E-state index contributed by atoms with van der Waals surface area (Å²) >= 11 is 5.97. The molecule has 0 atom stereocenters. The standard InChI is InChI=1S/C24H23ClN6O3/c25-18-6-8-19(9-7-18)29-12-14-30(15-13-29)22(33)16-31-21(32)11-10-20(27-31)24-26-23(28-34-24)17-4-2-1-3-5-17/h1-9H,10-16H2. The van der Waals surface area contributed by atoms with E-state index in [-0.39, 0.29) is 30.7 Å². The average molecular weight is 479 g/mol. The zero-order valence-electron chi connectivity index (χ0n) is 18.4. The van der Waals surface area contributed by atoms with Crippen LogP contribution in [0.25, 0.3) is 11.4 Å². The van der Waals surface area contributed by atoms with Crippen molar-refractivity contribution in [2.24, 2.45) is 5.10 Å². The minimum atomic E-state index is -0.195. The molecule has 5 rings (SSSR count). The van der Waals surface area contributed by atoms with E-state index in [4.69, 9.17) is 16.1 Å². The van der Waals surface area contributed by atoms with Gasteiger partial charge in [-0.2, -0.15) is 10.1 Å². The van der Waals surface area contributed by atoms with Gasteiger partial charge < -0.3 is 14.3 Å².